The predicted molar refractivity (Wildman–Crippen MR) is 76.1 cm³/mol. The Morgan fingerprint density at radius 2 is 2.20 bits per heavy atom. The van der Waals surface area contributed by atoms with Crippen LogP contribution in [0.15, 0.2) is 30.4 Å². The molecular weight excluding hydrogens is 256 g/mol. The van der Waals surface area contributed by atoms with E-state index in [2.05, 4.69) is 12.1 Å². The third-order valence-electron chi connectivity index (χ3n) is 3.43. The van der Waals surface area contributed by atoms with Crippen LogP contribution in [0.3, 0.4) is 0 Å². The molecule has 4 nitrogen and oxygen atoms in total. The number of benzene rings is 1. The van der Waals surface area contributed by atoms with Gasteiger partial charge in [-0.3, -0.25) is 0 Å². The normalized spacial score (nSPS) is 20.8. The Hall–Kier alpha value is -1.97. The lowest BCUT2D eigenvalue weighted by molar-refractivity contribution is 0.0253. The Morgan fingerprint density at radius 3 is 2.85 bits per heavy atom. The standard InChI is InChI=1S/C16H20O4/c1-4-19-16(17)20-15-7-5-6-13(15)12-8-9-14(18-3)11(2)10-12/h5-6,8-10,13,15H,4,7H2,1-3H3/t13-,15+/m0/s1. The zero-order chi connectivity index (χ0) is 14.5. The first-order chi connectivity index (χ1) is 9.65. The fourth-order valence-corrected chi connectivity index (χ4v) is 2.46. The SMILES string of the molecule is CCOC(=O)O[C@@H]1CC=C[C@H]1c1ccc(OC)c(C)c1. The number of carbonyl (C=O) groups is 1. The second-order valence-electron chi connectivity index (χ2n) is 4.76. The van der Waals surface area contributed by atoms with Crippen LogP contribution in [0.4, 0.5) is 4.79 Å². The van der Waals surface area contributed by atoms with E-state index in [-0.39, 0.29) is 12.0 Å². The van der Waals surface area contributed by atoms with E-state index in [9.17, 15) is 4.79 Å². The number of rotatable bonds is 4. The fraction of sp³-hybridized carbons (Fsp3) is 0.438. The van der Waals surface area contributed by atoms with Crippen LogP contribution in [-0.4, -0.2) is 26.0 Å². The van der Waals surface area contributed by atoms with Gasteiger partial charge in [0.05, 0.1) is 13.7 Å². The highest BCUT2D eigenvalue weighted by molar-refractivity contribution is 5.60. The fourth-order valence-electron chi connectivity index (χ4n) is 2.46. The van der Waals surface area contributed by atoms with E-state index in [1.54, 1.807) is 14.0 Å². The Morgan fingerprint density at radius 1 is 1.40 bits per heavy atom. The highest BCUT2D eigenvalue weighted by Gasteiger charge is 2.28. The van der Waals surface area contributed by atoms with Crippen molar-refractivity contribution in [1.82, 2.24) is 0 Å². The first kappa shape index (κ1) is 14.4. The van der Waals surface area contributed by atoms with Crippen LogP contribution in [-0.2, 0) is 9.47 Å². The minimum atomic E-state index is -0.601. The van der Waals surface area contributed by atoms with Gasteiger partial charge < -0.3 is 14.2 Å². The van der Waals surface area contributed by atoms with Crippen LogP contribution in [0.1, 0.15) is 30.4 Å². The average molecular weight is 276 g/mol. The van der Waals surface area contributed by atoms with E-state index in [0.717, 1.165) is 16.9 Å². The van der Waals surface area contributed by atoms with Gasteiger partial charge in [-0.1, -0.05) is 24.3 Å². The molecule has 4 heteroatoms. The largest absolute Gasteiger partial charge is 0.508 e. The molecule has 2 atom stereocenters. The summed E-state index contributed by atoms with van der Waals surface area (Å²) in [6.45, 7) is 4.09. The third kappa shape index (κ3) is 3.13. The molecule has 1 aliphatic rings. The van der Waals surface area contributed by atoms with Gasteiger partial charge in [0.25, 0.3) is 0 Å². The number of ether oxygens (including phenoxy) is 3. The summed E-state index contributed by atoms with van der Waals surface area (Å²) in [6, 6.07) is 6.02. The summed E-state index contributed by atoms with van der Waals surface area (Å²) in [6.07, 6.45) is 4.03. The van der Waals surface area contributed by atoms with Crippen molar-refractivity contribution in [2.24, 2.45) is 0 Å². The quantitative estimate of drug-likeness (QED) is 0.622. The van der Waals surface area contributed by atoms with Gasteiger partial charge in [0.2, 0.25) is 0 Å². The molecule has 0 spiro atoms. The first-order valence-electron chi connectivity index (χ1n) is 6.80. The molecule has 0 fully saturated rings. The lowest BCUT2D eigenvalue weighted by Gasteiger charge is -2.20. The van der Waals surface area contributed by atoms with E-state index < -0.39 is 6.16 Å². The van der Waals surface area contributed by atoms with Crippen molar-refractivity contribution >= 4 is 6.16 Å². The van der Waals surface area contributed by atoms with Crippen molar-refractivity contribution in [1.29, 1.82) is 0 Å². The topological polar surface area (TPSA) is 44.8 Å². The number of hydrogen-bond acceptors (Lipinski definition) is 4. The number of carbonyl (C=O) groups excluding carboxylic acids is 1. The molecular formula is C16H20O4. The lowest BCUT2D eigenvalue weighted by Crippen LogP contribution is -2.22. The average Bonchev–Trinajstić information content (AvgIpc) is 2.87. The van der Waals surface area contributed by atoms with Gasteiger partial charge >= 0.3 is 6.16 Å². The van der Waals surface area contributed by atoms with Gasteiger partial charge in [0, 0.05) is 12.3 Å². The van der Waals surface area contributed by atoms with E-state index in [0.29, 0.717) is 13.0 Å². The maximum absolute atomic E-state index is 11.5. The van der Waals surface area contributed by atoms with Crippen LogP contribution < -0.4 is 4.74 Å². The highest BCUT2D eigenvalue weighted by Crippen LogP contribution is 2.33. The Kier molecular flexibility index (Phi) is 4.66. The summed E-state index contributed by atoms with van der Waals surface area (Å²) < 4.78 is 15.5. The molecule has 1 aromatic carbocycles. The van der Waals surface area contributed by atoms with Crippen molar-refractivity contribution in [3.8, 4) is 5.75 Å². The van der Waals surface area contributed by atoms with Crippen molar-refractivity contribution in [2.45, 2.75) is 32.3 Å². The molecule has 108 valence electrons. The molecule has 0 aliphatic heterocycles. The monoisotopic (exact) mass is 276 g/mol. The van der Waals surface area contributed by atoms with E-state index >= 15 is 0 Å². The Balaban J connectivity index is 2.12. The third-order valence-corrected chi connectivity index (χ3v) is 3.43. The lowest BCUT2D eigenvalue weighted by atomic mass is 9.94. The minimum absolute atomic E-state index is 0.0732. The molecule has 0 unspecified atom stereocenters. The van der Waals surface area contributed by atoms with E-state index in [4.69, 9.17) is 14.2 Å². The summed E-state index contributed by atoms with van der Waals surface area (Å²) in [7, 11) is 1.66. The maximum atomic E-state index is 11.5. The molecule has 20 heavy (non-hydrogen) atoms. The van der Waals surface area contributed by atoms with Crippen LogP contribution >= 0.6 is 0 Å². The van der Waals surface area contributed by atoms with Crippen molar-refractivity contribution in [3.05, 3.63) is 41.5 Å². The minimum Gasteiger partial charge on any atom is -0.496 e. The molecule has 0 N–H and O–H groups in total. The summed E-state index contributed by atoms with van der Waals surface area (Å²) >= 11 is 0. The summed E-state index contributed by atoms with van der Waals surface area (Å²) in [5.41, 5.74) is 2.19. The summed E-state index contributed by atoms with van der Waals surface area (Å²) in [4.78, 5) is 11.5. The van der Waals surface area contributed by atoms with Crippen molar-refractivity contribution in [2.75, 3.05) is 13.7 Å². The Labute approximate surface area is 119 Å². The summed E-state index contributed by atoms with van der Waals surface area (Å²) in [5, 5.41) is 0. The van der Waals surface area contributed by atoms with Gasteiger partial charge in [0.1, 0.15) is 11.9 Å². The first-order valence-corrected chi connectivity index (χ1v) is 6.80. The molecule has 0 saturated carbocycles. The molecule has 2 rings (SSSR count). The predicted octanol–water partition coefficient (Wildman–Crippen LogP) is 3.59. The number of methoxy groups -OCH3 is 1. The van der Waals surface area contributed by atoms with Gasteiger partial charge in [0.15, 0.2) is 0 Å². The molecule has 0 amide bonds. The van der Waals surface area contributed by atoms with Gasteiger partial charge in [-0.2, -0.15) is 0 Å². The number of hydrogen-bond donors (Lipinski definition) is 0. The zero-order valence-electron chi connectivity index (χ0n) is 12.1. The Bertz CT molecular complexity index is 507. The second-order valence-corrected chi connectivity index (χ2v) is 4.76. The van der Waals surface area contributed by atoms with Crippen LogP contribution in [0.5, 0.6) is 5.75 Å². The smallest absolute Gasteiger partial charge is 0.496 e. The van der Waals surface area contributed by atoms with E-state index in [1.807, 2.05) is 25.1 Å². The van der Waals surface area contributed by atoms with Gasteiger partial charge in [-0.25, -0.2) is 4.79 Å². The number of aryl methyl sites for hydroxylation is 1. The van der Waals surface area contributed by atoms with Crippen LogP contribution in [0.25, 0.3) is 0 Å². The maximum Gasteiger partial charge on any atom is 0.508 e. The van der Waals surface area contributed by atoms with E-state index in [1.165, 1.54) is 0 Å². The zero-order valence-corrected chi connectivity index (χ0v) is 12.1. The molecule has 0 radical (unpaired) electrons. The molecule has 1 aliphatic carbocycles. The van der Waals surface area contributed by atoms with Crippen LogP contribution in [0, 0.1) is 6.92 Å². The molecule has 0 bridgehead atoms. The summed E-state index contributed by atoms with van der Waals surface area (Å²) in [5.74, 6) is 0.933. The van der Waals surface area contributed by atoms with Crippen LogP contribution in [0.2, 0.25) is 0 Å². The van der Waals surface area contributed by atoms with Gasteiger partial charge in [-0.15, -0.1) is 0 Å². The van der Waals surface area contributed by atoms with Gasteiger partial charge in [-0.05, 0) is 31.0 Å². The molecule has 1 aromatic rings. The molecule has 0 saturated heterocycles. The second kappa shape index (κ2) is 6.46. The van der Waals surface area contributed by atoms with Crippen molar-refractivity contribution in [3.63, 3.8) is 0 Å². The van der Waals surface area contributed by atoms with Crippen molar-refractivity contribution < 1.29 is 19.0 Å². The molecule has 0 aromatic heterocycles. The highest BCUT2D eigenvalue weighted by atomic mass is 16.7. The molecule has 0 heterocycles.